The molecule has 1 amide bonds. The predicted molar refractivity (Wildman–Crippen MR) is 100 cm³/mol. The van der Waals surface area contributed by atoms with Crippen LogP contribution in [0.25, 0.3) is 11.4 Å². The number of hydrogen-bond donors (Lipinski definition) is 1. The van der Waals surface area contributed by atoms with E-state index in [2.05, 4.69) is 15.5 Å². The molecule has 0 aliphatic carbocycles. The van der Waals surface area contributed by atoms with Gasteiger partial charge < -0.3 is 19.3 Å². The van der Waals surface area contributed by atoms with Crippen molar-refractivity contribution in [1.29, 1.82) is 0 Å². The molecule has 0 bridgehead atoms. The summed E-state index contributed by atoms with van der Waals surface area (Å²) >= 11 is 0. The first kappa shape index (κ1) is 18.4. The molecule has 140 valence electrons. The fourth-order valence-electron chi connectivity index (χ4n) is 2.62. The highest BCUT2D eigenvalue weighted by atomic mass is 16.5. The summed E-state index contributed by atoms with van der Waals surface area (Å²) in [6.45, 7) is 2.39. The first-order chi connectivity index (χ1) is 13.1. The van der Waals surface area contributed by atoms with Crippen LogP contribution < -0.4 is 14.8 Å². The molecule has 3 aromatic rings. The largest absolute Gasteiger partial charge is 0.493 e. The first-order valence-corrected chi connectivity index (χ1v) is 8.50. The quantitative estimate of drug-likeness (QED) is 0.691. The van der Waals surface area contributed by atoms with Gasteiger partial charge in [0.1, 0.15) is 0 Å². The van der Waals surface area contributed by atoms with Gasteiger partial charge in [0.25, 0.3) is 5.91 Å². The van der Waals surface area contributed by atoms with Crippen LogP contribution >= 0.6 is 0 Å². The molecule has 7 nitrogen and oxygen atoms in total. The number of benzene rings is 2. The molecule has 7 heteroatoms. The SMILES string of the molecule is COc1ccc(C(=O)NCCc2nc(-c3cccc(C)c3)no2)cc1OC. The summed E-state index contributed by atoms with van der Waals surface area (Å²) < 4.78 is 15.7. The minimum absolute atomic E-state index is 0.214. The van der Waals surface area contributed by atoms with Crippen molar-refractivity contribution in [3.05, 3.63) is 59.5 Å². The molecule has 0 radical (unpaired) electrons. The van der Waals surface area contributed by atoms with Gasteiger partial charge in [-0.3, -0.25) is 4.79 Å². The Kier molecular flexibility index (Phi) is 5.71. The summed E-state index contributed by atoms with van der Waals surface area (Å²) in [7, 11) is 3.08. The number of rotatable bonds is 7. The van der Waals surface area contributed by atoms with E-state index in [-0.39, 0.29) is 5.91 Å². The second-order valence-electron chi connectivity index (χ2n) is 5.96. The van der Waals surface area contributed by atoms with E-state index in [4.69, 9.17) is 14.0 Å². The van der Waals surface area contributed by atoms with Gasteiger partial charge in [-0.2, -0.15) is 4.98 Å². The number of carbonyl (C=O) groups excluding carboxylic acids is 1. The van der Waals surface area contributed by atoms with Gasteiger partial charge in [-0.25, -0.2) is 0 Å². The van der Waals surface area contributed by atoms with Crippen LogP contribution in [0.15, 0.2) is 47.0 Å². The maximum atomic E-state index is 12.3. The number of hydrogen-bond acceptors (Lipinski definition) is 6. The lowest BCUT2D eigenvalue weighted by Crippen LogP contribution is -2.25. The van der Waals surface area contributed by atoms with Gasteiger partial charge >= 0.3 is 0 Å². The topological polar surface area (TPSA) is 86.5 Å². The van der Waals surface area contributed by atoms with Crippen molar-refractivity contribution in [2.45, 2.75) is 13.3 Å². The monoisotopic (exact) mass is 367 g/mol. The fourth-order valence-corrected chi connectivity index (χ4v) is 2.62. The van der Waals surface area contributed by atoms with Gasteiger partial charge in [0.2, 0.25) is 11.7 Å². The Morgan fingerprint density at radius 1 is 1.11 bits per heavy atom. The van der Waals surface area contributed by atoms with Crippen molar-refractivity contribution in [2.24, 2.45) is 0 Å². The molecule has 2 aromatic carbocycles. The molecule has 0 aliphatic heterocycles. The van der Waals surface area contributed by atoms with Crippen molar-refractivity contribution in [3.63, 3.8) is 0 Å². The normalized spacial score (nSPS) is 10.5. The molecule has 0 spiro atoms. The first-order valence-electron chi connectivity index (χ1n) is 8.50. The standard InChI is InChI=1S/C20H21N3O4/c1-13-5-4-6-14(11-13)19-22-18(27-23-19)9-10-21-20(24)15-7-8-16(25-2)17(12-15)26-3/h4-8,11-12H,9-10H2,1-3H3,(H,21,24). The van der Waals surface area contributed by atoms with Crippen molar-refractivity contribution < 1.29 is 18.8 Å². The van der Waals surface area contributed by atoms with E-state index in [1.807, 2.05) is 31.2 Å². The summed E-state index contributed by atoms with van der Waals surface area (Å²) in [5.74, 6) is 1.88. The van der Waals surface area contributed by atoms with Crippen LogP contribution in [0.4, 0.5) is 0 Å². The van der Waals surface area contributed by atoms with E-state index in [1.165, 1.54) is 7.11 Å². The van der Waals surface area contributed by atoms with Crippen LogP contribution in [-0.2, 0) is 6.42 Å². The molecule has 27 heavy (non-hydrogen) atoms. The van der Waals surface area contributed by atoms with Gasteiger partial charge in [0, 0.05) is 24.1 Å². The molecule has 0 atom stereocenters. The number of amides is 1. The lowest BCUT2D eigenvalue weighted by molar-refractivity contribution is 0.0953. The molecule has 0 saturated carbocycles. The van der Waals surface area contributed by atoms with Gasteiger partial charge in [-0.1, -0.05) is 28.9 Å². The molecule has 1 heterocycles. The average molecular weight is 367 g/mol. The Bertz CT molecular complexity index is 936. The summed E-state index contributed by atoms with van der Waals surface area (Å²) in [5, 5.41) is 6.83. The number of carbonyl (C=O) groups is 1. The Labute approximate surface area is 157 Å². The molecule has 0 unspecified atom stereocenters. The van der Waals surface area contributed by atoms with Crippen molar-refractivity contribution >= 4 is 5.91 Å². The third-order valence-electron chi connectivity index (χ3n) is 4.01. The third-order valence-corrected chi connectivity index (χ3v) is 4.01. The van der Waals surface area contributed by atoms with Gasteiger partial charge in [0.15, 0.2) is 11.5 Å². The molecule has 1 aromatic heterocycles. The van der Waals surface area contributed by atoms with Crippen LogP contribution in [0.1, 0.15) is 21.8 Å². The Balaban J connectivity index is 1.58. The van der Waals surface area contributed by atoms with E-state index in [0.29, 0.717) is 41.7 Å². The second kappa shape index (κ2) is 8.35. The van der Waals surface area contributed by atoms with Gasteiger partial charge in [-0.05, 0) is 31.2 Å². The van der Waals surface area contributed by atoms with Crippen LogP contribution in [0.3, 0.4) is 0 Å². The molecule has 1 N–H and O–H groups in total. The minimum Gasteiger partial charge on any atom is -0.493 e. The highest BCUT2D eigenvalue weighted by Crippen LogP contribution is 2.27. The van der Waals surface area contributed by atoms with E-state index in [1.54, 1.807) is 25.3 Å². The zero-order chi connectivity index (χ0) is 19.2. The van der Waals surface area contributed by atoms with E-state index < -0.39 is 0 Å². The number of nitrogens with one attached hydrogen (secondary N) is 1. The molecule has 0 saturated heterocycles. The number of aryl methyl sites for hydroxylation is 1. The number of methoxy groups -OCH3 is 2. The van der Waals surface area contributed by atoms with Crippen LogP contribution in [0, 0.1) is 6.92 Å². The summed E-state index contributed by atoms with van der Waals surface area (Å²) in [5.41, 5.74) is 2.51. The summed E-state index contributed by atoms with van der Waals surface area (Å²) in [6.07, 6.45) is 0.442. The van der Waals surface area contributed by atoms with Gasteiger partial charge in [0.05, 0.1) is 14.2 Å². The van der Waals surface area contributed by atoms with Crippen LogP contribution in [-0.4, -0.2) is 36.8 Å². The zero-order valence-electron chi connectivity index (χ0n) is 15.5. The Morgan fingerprint density at radius 3 is 2.67 bits per heavy atom. The summed E-state index contributed by atoms with van der Waals surface area (Å²) in [6, 6.07) is 12.9. The predicted octanol–water partition coefficient (Wildman–Crippen LogP) is 3.03. The van der Waals surface area contributed by atoms with Crippen molar-refractivity contribution in [2.75, 3.05) is 20.8 Å². The molecule has 0 fully saturated rings. The lowest BCUT2D eigenvalue weighted by Gasteiger charge is -2.09. The smallest absolute Gasteiger partial charge is 0.251 e. The lowest BCUT2D eigenvalue weighted by atomic mass is 10.1. The van der Waals surface area contributed by atoms with E-state index in [0.717, 1.165) is 11.1 Å². The van der Waals surface area contributed by atoms with Gasteiger partial charge in [-0.15, -0.1) is 0 Å². The third kappa shape index (κ3) is 4.44. The maximum Gasteiger partial charge on any atom is 0.251 e. The van der Waals surface area contributed by atoms with Crippen molar-refractivity contribution in [1.82, 2.24) is 15.5 Å². The fraction of sp³-hybridized carbons (Fsp3) is 0.250. The minimum atomic E-state index is -0.214. The Morgan fingerprint density at radius 2 is 1.93 bits per heavy atom. The number of ether oxygens (including phenoxy) is 2. The molecular weight excluding hydrogens is 346 g/mol. The molecular formula is C20H21N3O4. The van der Waals surface area contributed by atoms with Crippen LogP contribution in [0.2, 0.25) is 0 Å². The number of aromatic nitrogens is 2. The molecule has 0 aliphatic rings. The summed E-state index contributed by atoms with van der Waals surface area (Å²) in [4.78, 5) is 16.7. The Hall–Kier alpha value is -3.35. The molecule has 3 rings (SSSR count). The average Bonchev–Trinajstić information content (AvgIpc) is 3.16. The highest BCUT2D eigenvalue weighted by molar-refractivity contribution is 5.94. The van der Waals surface area contributed by atoms with E-state index in [9.17, 15) is 4.79 Å². The highest BCUT2D eigenvalue weighted by Gasteiger charge is 2.12. The zero-order valence-corrected chi connectivity index (χ0v) is 15.5. The van der Waals surface area contributed by atoms with E-state index >= 15 is 0 Å². The van der Waals surface area contributed by atoms with Crippen LogP contribution in [0.5, 0.6) is 11.5 Å². The maximum absolute atomic E-state index is 12.3. The second-order valence-corrected chi connectivity index (χ2v) is 5.96. The number of nitrogens with zero attached hydrogens (tertiary/aromatic N) is 2. The van der Waals surface area contributed by atoms with Crippen molar-refractivity contribution in [3.8, 4) is 22.9 Å².